The third kappa shape index (κ3) is 4.41. The van der Waals surface area contributed by atoms with E-state index in [-0.39, 0.29) is 25.0 Å². The van der Waals surface area contributed by atoms with E-state index >= 15 is 0 Å². The first-order valence-corrected chi connectivity index (χ1v) is 9.80. The van der Waals surface area contributed by atoms with Crippen LogP contribution in [0.5, 0.6) is 0 Å². The van der Waals surface area contributed by atoms with Gasteiger partial charge in [-0.05, 0) is 31.2 Å². The van der Waals surface area contributed by atoms with Crippen molar-refractivity contribution in [2.24, 2.45) is 0 Å². The van der Waals surface area contributed by atoms with Crippen molar-refractivity contribution in [3.05, 3.63) is 52.8 Å². The maximum absolute atomic E-state index is 13.0. The predicted molar refractivity (Wildman–Crippen MR) is 110 cm³/mol. The van der Waals surface area contributed by atoms with Gasteiger partial charge in [-0.1, -0.05) is 58.0 Å². The zero-order valence-corrected chi connectivity index (χ0v) is 17.5. The molecule has 0 spiro atoms. The Morgan fingerprint density at radius 1 is 0.821 bits per heavy atom. The number of benzene rings is 1. The lowest BCUT2D eigenvalue weighted by Gasteiger charge is -2.23. The van der Waals surface area contributed by atoms with Crippen LogP contribution in [0.1, 0.15) is 85.5 Å². The Balaban J connectivity index is 3.01. The molecule has 0 amide bonds. The molecule has 0 aliphatic heterocycles. The molecule has 0 aliphatic rings. The van der Waals surface area contributed by atoms with Gasteiger partial charge in [-0.15, -0.1) is 0 Å². The van der Waals surface area contributed by atoms with Crippen LogP contribution >= 0.6 is 0 Å². The number of ether oxygens (including phenoxy) is 2. The summed E-state index contributed by atoms with van der Waals surface area (Å²) in [6, 6.07) is 9.42. The number of nitrogens with zero attached hydrogens (tertiary/aromatic N) is 1. The Hall–Kier alpha value is -2.69. The largest absolute Gasteiger partial charge is 0.462 e. The van der Waals surface area contributed by atoms with Crippen LogP contribution in [0.3, 0.4) is 0 Å². The van der Waals surface area contributed by atoms with Crippen molar-refractivity contribution in [2.45, 2.75) is 53.4 Å². The summed E-state index contributed by atoms with van der Waals surface area (Å²) in [6.07, 6.45) is 0. The molecule has 1 aromatic carbocycles. The molecule has 28 heavy (non-hydrogen) atoms. The molecule has 0 N–H and O–H groups in total. The first-order valence-electron chi connectivity index (χ1n) is 9.80. The van der Waals surface area contributed by atoms with Gasteiger partial charge in [0.2, 0.25) is 0 Å². The van der Waals surface area contributed by atoms with Crippen LogP contribution in [0, 0.1) is 0 Å². The lowest BCUT2D eigenvalue weighted by Crippen LogP contribution is -2.21. The second-order valence-corrected chi connectivity index (χ2v) is 7.12. The molecular weight excluding hydrogens is 354 g/mol. The van der Waals surface area contributed by atoms with Crippen LogP contribution in [0.15, 0.2) is 30.3 Å². The molecule has 0 radical (unpaired) electrons. The first kappa shape index (κ1) is 21.6. The highest BCUT2D eigenvalue weighted by Crippen LogP contribution is 2.37. The summed E-state index contributed by atoms with van der Waals surface area (Å²) in [7, 11) is 0. The van der Waals surface area contributed by atoms with E-state index in [1.807, 2.05) is 58.0 Å². The predicted octanol–water partition coefficient (Wildman–Crippen LogP) is 5.35. The Morgan fingerprint density at radius 3 is 1.61 bits per heavy atom. The zero-order valence-electron chi connectivity index (χ0n) is 17.5. The van der Waals surface area contributed by atoms with Crippen LogP contribution in [-0.2, 0) is 9.47 Å². The van der Waals surface area contributed by atoms with Gasteiger partial charge in [0.25, 0.3) is 0 Å². The lowest BCUT2D eigenvalue weighted by atomic mass is 9.87. The molecule has 0 aliphatic carbocycles. The van der Waals surface area contributed by atoms with Crippen molar-refractivity contribution in [1.29, 1.82) is 0 Å². The molecule has 2 aromatic rings. The molecule has 150 valence electrons. The van der Waals surface area contributed by atoms with E-state index in [4.69, 9.17) is 14.5 Å². The van der Waals surface area contributed by atoms with Crippen molar-refractivity contribution in [3.8, 4) is 11.1 Å². The van der Waals surface area contributed by atoms with E-state index < -0.39 is 11.9 Å². The van der Waals surface area contributed by atoms with Crippen molar-refractivity contribution >= 4 is 11.9 Å². The quantitative estimate of drug-likeness (QED) is 0.603. The van der Waals surface area contributed by atoms with Crippen LogP contribution in [0.25, 0.3) is 11.1 Å². The zero-order chi connectivity index (χ0) is 20.8. The molecule has 5 nitrogen and oxygen atoms in total. The van der Waals surface area contributed by atoms with Crippen LogP contribution < -0.4 is 0 Å². The minimum absolute atomic E-state index is 0.0180. The molecule has 5 heteroatoms. The van der Waals surface area contributed by atoms with Crippen LogP contribution in [0.2, 0.25) is 0 Å². The van der Waals surface area contributed by atoms with Crippen molar-refractivity contribution in [3.63, 3.8) is 0 Å². The highest BCUT2D eigenvalue weighted by Gasteiger charge is 2.31. The highest BCUT2D eigenvalue weighted by molar-refractivity contribution is 6.07. The number of carbonyl (C=O) groups is 2. The normalized spacial score (nSPS) is 11.0. The number of pyridine rings is 1. The third-order valence-electron chi connectivity index (χ3n) is 4.37. The summed E-state index contributed by atoms with van der Waals surface area (Å²) in [5.74, 6) is -0.983. The van der Waals surface area contributed by atoms with Crippen molar-refractivity contribution in [2.75, 3.05) is 13.2 Å². The van der Waals surface area contributed by atoms with E-state index in [0.29, 0.717) is 28.1 Å². The molecule has 0 saturated heterocycles. The van der Waals surface area contributed by atoms with Gasteiger partial charge in [-0.3, -0.25) is 4.98 Å². The molecule has 0 fully saturated rings. The number of hydrogen-bond acceptors (Lipinski definition) is 5. The van der Waals surface area contributed by atoms with Crippen LogP contribution in [0.4, 0.5) is 0 Å². The summed E-state index contributed by atoms with van der Waals surface area (Å²) in [6.45, 7) is 11.9. The van der Waals surface area contributed by atoms with Gasteiger partial charge in [0.1, 0.15) is 0 Å². The summed E-state index contributed by atoms with van der Waals surface area (Å²) in [5.41, 5.74) is 3.26. The third-order valence-corrected chi connectivity index (χ3v) is 4.37. The van der Waals surface area contributed by atoms with E-state index in [0.717, 1.165) is 5.56 Å². The fraction of sp³-hybridized carbons (Fsp3) is 0.435. The molecule has 0 saturated carbocycles. The van der Waals surface area contributed by atoms with Crippen molar-refractivity contribution < 1.29 is 19.1 Å². The van der Waals surface area contributed by atoms with Gasteiger partial charge in [0.15, 0.2) is 0 Å². The monoisotopic (exact) mass is 383 g/mol. The number of rotatable bonds is 7. The van der Waals surface area contributed by atoms with Crippen molar-refractivity contribution in [1.82, 2.24) is 4.98 Å². The molecule has 0 unspecified atom stereocenters. The Labute approximate surface area is 167 Å². The molecule has 0 atom stereocenters. The van der Waals surface area contributed by atoms with Gasteiger partial charge in [-0.25, -0.2) is 9.59 Å². The van der Waals surface area contributed by atoms with Gasteiger partial charge in [0.05, 0.1) is 35.7 Å². The second-order valence-electron chi connectivity index (χ2n) is 7.12. The Bertz CT molecular complexity index is 793. The minimum Gasteiger partial charge on any atom is -0.462 e. The average molecular weight is 383 g/mol. The molecule has 1 heterocycles. The van der Waals surface area contributed by atoms with Gasteiger partial charge < -0.3 is 9.47 Å². The standard InChI is InChI=1S/C23H29NO4/c1-7-27-22(25)18-17(16-12-10-9-11-13-16)19(23(26)28-8-2)21(15(5)6)24-20(18)14(3)4/h9-15H,7-8H2,1-6H3. The van der Waals surface area contributed by atoms with Gasteiger partial charge in [0, 0.05) is 5.56 Å². The number of esters is 2. The number of hydrogen-bond donors (Lipinski definition) is 0. The topological polar surface area (TPSA) is 65.5 Å². The van der Waals surface area contributed by atoms with E-state index in [2.05, 4.69) is 0 Å². The molecule has 1 aromatic heterocycles. The highest BCUT2D eigenvalue weighted by atomic mass is 16.5. The smallest absolute Gasteiger partial charge is 0.340 e. The average Bonchev–Trinajstić information content (AvgIpc) is 2.67. The van der Waals surface area contributed by atoms with Gasteiger partial charge >= 0.3 is 11.9 Å². The number of carbonyl (C=O) groups excluding carboxylic acids is 2. The summed E-state index contributed by atoms with van der Waals surface area (Å²) >= 11 is 0. The summed E-state index contributed by atoms with van der Waals surface area (Å²) in [4.78, 5) is 30.7. The second kappa shape index (κ2) is 9.49. The van der Waals surface area contributed by atoms with E-state index in [1.54, 1.807) is 13.8 Å². The number of aromatic nitrogens is 1. The Morgan fingerprint density at radius 2 is 1.25 bits per heavy atom. The maximum atomic E-state index is 13.0. The molecule has 2 rings (SSSR count). The van der Waals surface area contributed by atoms with E-state index in [1.165, 1.54) is 0 Å². The fourth-order valence-electron chi connectivity index (χ4n) is 3.17. The minimum atomic E-state index is -0.474. The molecular formula is C23H29NO4. The van der Waals surface area contributed by atoms with Crippen LogP contribution in [-0.4, -0.2) is 30.1 Å². The SMILES string of the molecule is CCOC(=O)c1c(C(C)C)nc(C(C)C)c(C(=O)OCC)c1-c1ccccc1. The maximum Gasteiger partial charge on any atom is 0.340 e. The summed E-state index contributed by atoms with van der Waals surface area (Å²) < 4.78 is 10.7. The summed E-state index contributed by atoms with van der Waals surface area (Å²) in [5, 5.41) is 0. The van der Waals surface area contributed by atoms with E-state index in [9.17, 15) is 9.59 Å². The first-order chi connectivity index (χ1) is 13.3. The fourth-order valence-corrected chi connectivity index (χ4v) is 3.17. The Kier molecular flexibility index (Phi) is 7.32. The van der Waals surface area contributed by atoms with Gasteiger partial charge in [-0.2, -0.15) is 0 Å². The molecule has 0 bridgehead atoms. The lowest BCUT2D eigenvalue weighted by molar-refractivity contribution is 0.0523.